The van der Waals surface area contributed by atoms with Gasteiger partial charge in [-0.1, -0.05) is 42.8 Å². The Morgan fingerprint density at radius 1 is 0.968 bits per heavy atom. The van der Waals surface area contributed by atoms with E-state index in [0.29, 0.717) is 29.4 Å². The van der Waals surface area contributed by atoms with Crippen LogP contribution in [0, 0.1) is 0 Å². The molecule has 0 amide bonds. The molecule has 1 heterocycles. The van der Waals surface area contributed by atoms with E-state index in [4.69, 9.17) is 16.7 Å². The summed E-state index contributed by atoms with van der Waals surface area (Å²) in [5.74, 6) is 0.563. The maximum Gasteiger partial charge on any atom is 0.238 e. The van der Waals surface area contributed by atoms with Crippen molar-refractivity contribution in [2.24, 2.45) is 10.1 Å². The Balaban J connectivity index is 0.000000325. The van der Waals surface area contributed by atoms with E-state index in [-0.39, 0.29) is 4.90 Å². The van der Waals surface area contributed by atoms with Gasteiger partial charge in [0.1, 0.15) is 5.84 Å². The Hall–Kier alpha value is -2.71. The number of aliphatic hydroxyl groups is 1. The zero-order valence-corrected chi connectivity index (χ0v) is 18.4. The van der Waals surface area contributed by atoms with E-state index in [0.717, 1.165) is 5.69 Å². The van der Waals surface area contributed by atoms with Gasteiger partial charge in [0, 0.05) is 16.3 Å². The van der Waals surface area contributed by atoms with Gasteiger partial charge in [-0.3, -0.25) is 0 Å². The van der Waals surface area contributed by atoms with Crippen LogP contribution in [-0.4, -0.2) is 31.6 Å². The van der Waals surface area contributed by atoms with Crippen LogP contribution < -0.4 is 10.0 Å². The number of nitrogens with zero attached hydrogens (tertiary/aromatic N) is 2. The van der Waals surface area contributed by atoms with E-state index in [9.17, 15) is 13.5 Å². The van der Waals surface area contributed by atoms with Crippen LogP contribution in [-0.2, 0) is 10.0 Å². The summed E-state index contributed by atoms with van der Waals surface area (Å²) in [6.07, 6.45) is 0.454. The summed E-state index contributed by atoms with van der Waals surface area (Å²) >= 11 is 5.95. The van der Waals surface area contributed by atoms with Gasteiger partial charge in [-0.25, -0.2) is 18.5 Å². The number of amidine groups is 1. The maximum atomic E-state index is 11.4. The van der Waals surface area contributed by atoms with Gasteiger partial charge in [-0.2, -0.15) is 0 Å². The molecule has 31 heavy (non-hydrogen) atoms. The average molecular weight is 456 g/mol. The number of hydrogen-bond donors (Lipinski definition) is 2. The Kier molecular flexibility index (Phi) is 5.61. The third-order valence-corrected chi connectivity index (χ3v) is 6.53. The normalized spacial score (nSPS) is 18.8. The molecule has 5 rings (SSSR count). The molecule has 3 aliphatic rings. The summed E-state index contributed by atoms with van der Waals surface area (Å²) in [6, 6.07) is 21.8. The number of primary sulfonamides is 1. The molecule has 0 saturated heterocycles. The lowest BCUT2D eigenvalue weighted by atomic mass is 9.95. The first-order valence-electron chi connectivity index (χ1n) is 9.77. The lowest BCUT2D eigenvalue weighted by Crippen LogP contribution is -2.35. The highest BCUT2D eigenvalue weighted by Gasteiger charge is 2.37. The van der Waals surface area contributed by atoms with Crippen molar-refractivity contribution in [2.45, 2.75) is 24.0 Å². The Bertz CT molecular complexity index is 1200. The minimum atomic E-state index is -3.76. The second-order valence-electron chi connectivity index (χ2n) is 7.48. The van der Waals surface area contributed by atoms with Crippen molar-refractivity contribution < 1.29 is 13.5 Å². The molecule has 3 N–H and O–H groups in total. The van der Waals surface area contributed by atoms with Gasteiger partial charge in [0.15, 0.2) is 5.72 Å². The van der Waals surface area contributed by atoms with Crippen molar-refractivity contribution in [3.8, 4) is 11.1 Å². The molecule has 0 radical (unpaired) electrons. The highest BCUT2D eigenvalue weighted by Crippen LogP contribution is 2.31. The molecule has 8 heteroatoms. The minimum Gasteiger partial charge on any atom is -0.368 e. The van der Waals surface area contributed by atoms with Crippen LogP contribution in [0.25, 0.3) is 11.1 Å². The number of rotatable bonds is 4. The summed E-state index contributed by atoms with van der Waals surface area (Å²) in [5.41, 5.74) is 3.17. The van der Waals surface area contributed by atoms with Gasteiger partial charge in [0.05, 0.1) is 11.4 Å². The van der Waals surface area contributed by atoms with Crippen molar-refractivity contribution in [3.05, 3.63) is 83.4 Å². The summed E-state index contributed by atoms with van der Waals surface area (Å²) in [7, 11) is -3.76. The Morgan fingerprint density at radius 2 is 1.48 bits per heavy atom. The fourth-order valence-electron chi connectivity index (χ4n) is 3.32. The first-order chi connectivity index (χ1) is 14.7. The lowest BCUT2D eigenvalue weighted by Gasteiger charge is -2.23. The summed E-state index contributed by atoms with van der Waals surface area (Å²) < 4.78 is 22.8. The second-order valence-corrected chi connectivity index (χ2v) is 9.48. The average Bonchev–Trinajstić information content (AvgIpc) is 3.09. The van der Waals surface area contributed by atoms with Gasteiger partial charge in [-0.05, 0) is 66.1 Å². The SMILES string of the molecule is CCC1(O)CN(c2ccc(Cl)cc2)C(c2ccc(S(N)(=O)=O)cc2)=N1.c1cc2ccc1-2. The lowest BCUT2D eigenvalue weighted by molar-refractivity contribution is 0.0633. The van der Waals surface area contributed by atoms with E-state index >= 15 is 0 Å². The van der Waals surface area contributed by atoms with Crippen molar-refractivity contribution in [1.29, 1.82) is 0 Å². The van der Waals surface area contributed by atoms with E-state index < -0.39 is 15.7 Å². The predicted molar refractivity (Wildman–Crippen MR) is 124 cm³/mol. The van der Waals surface area contributed by atoms with Crippen molar-refractivity contribution in [3.63, 3.8) is 0 Å². The van der Waals surface area contributed by atoms with Crippen molar-refractivity contribution in [2.75, 3.05) is 11.4 Å². The van der Waals surface area contributed by atoms with Gasteiger partial charge < -0.3 is 10.0 Å². The van der Waals surface area contributed by atoms with E-state index in [1.54, 1.807) is 24.3 Å². The van der Waals surface area contributed by atoms with Crippen LogP contribution in [0.15, 0.2) is 82.7 Å². The smallest absolute Gasteiger partial charge is 0.238 e. The summed E-state index contributed by atoms with van der Waals surface area (Å²) in [5, 5.41) is 16.4. The van der Waals surface area contributed by atoms with Gasteiger partial charge in [-0.15, -0.1) is 0 Å². The highest BCUT2D eigenvalue weighted by molar-refractivity contribution is 7.89. The Labute approximate surface area is 186 Å². The monoisotopic (exact) mass is 455 g/mol. The second kappa shape index (κ2) is 8.09. The fraction of sp³-hybridized carbons (Fsp3) is 0.174. The zero-order chi connectivity index (χ0) is 22.2. The molecular weight excluding hydrogens is 434 g/mol. The zero-order valence-electron chi connectivity index (χ0n) is 16.9. The number of halogens is 1. The van der Waals surface area contributed by atoms with E-state index in [1.165, 1.54) is 23.3 Å². The van der Waals surface area contributed by atoms with Crippen molar-refractivity contribution in [1.82, 2.24) is 0 Å². The van der Waals surface area contributed by atoms with E-state index in [1.807, 2.05) is 24.0 Å². The van der Waals surface area contributed by atoms with Crippen LogP contribution in [0.5, 0.6) is 0 Å². The third kappa shape index (κ3) is 4.50. The Morgan fingerprint density at radius 3 is 1.90 bits per heavy atom. The molecule has 160 valence electrons. The molecule has 0 bridgehead atoms. The first-order valence-corrected chi connectivity index (χ1v) is 11.7. The first kappa shape index (κ1) is 21.5. The van der Waals surface area contributed by atoms with Crippen molar-refractivity contribution >= 4 is 33.1 Å². The topological polar surface area (TPSA) is 96.0 Å². The molecule has 2 aliphatic carbocycles. The van der Waals surface area contributed by atoms with Gasteiger partial charge in [0.25, 0.3) is 0 Å². The predicted octanol–water partition coefficient (Wildman–Crippen LogP) is 4.02. The number of sulfonamides is 1. The van der Waals surface area contributed by atoms with E-state index in [2.05, 4.69) is 29.3 Å². The summed E-state index contributed by atoms with van der Waals surface area (Å²) in [4.78, 5) is 6.37. The molecule has 2 aromatic rings. The van der Waals surface area contributed by atoms with Crippen LogP contribution in [0.2, 0.25) is 5.02 Å². The van der Waals surface area contributed by atoms with Crippen LogP contribution in [0.3, 0.4) is 0 Å². The number of hydrogen-bond acceptors (Lipinski definition) is 5. The number of anilines is 1. The van der Waals surface area contributed by atoms with Crippen LogP contribution in [0.4, 0.5) is 5.69 Å². The van der Waals surface area contributed by atoms with Crippen LogP contribution >= 0.6 is 11.6 Å². The molecule has 1 atom stereocenters. The van der Waals surface area contributed by atoms with Gasteiger partial charge >= 0.3 is 0 Å². The third-order valence-electron chi connectivity index (χ3n) is 5.34. The molecule has 0 fully saturated rings. The minimum absolute atomic E-state index is 0.0265. The summed E-state index contributed by atoms with van der Waals surface area (Å²) in [6.45, 7) is 2.16. The maximum absolute atomic E-state index is 11.4. The number of benzene rings is 3. The molecule has 2 aromatic carbocycles. The van der Waals surface area contributed by atoms with Gasteiger partial charge in [0.2, 0.25) is 10.0 Å². The molecule has 0 spiro atoms. The fourth-order valence-corrected chi connectivity index (χ4v) is 3.96. The quantitative estimate of drug-likeness (QED) is 0.485. The molecule has 0 saturated carbocycles. The number of nitrogens with two attached hydrogens (primary N) is 1. The highest BCUT2D eigenvalue weighted by atomic mass is 35.5. The standard InChI is InChI=1S/C17H18ClN3O3S.C6H4/c1-2-17(22)11-21(14-7-5-13(18)6-8-14)16(20-17)12-3-9-15(10-4-12)25(19,23)24;1-2-6-4-3-5(1)6/h3-10,22H,2,11H2,1H3,(H2,19,23,24);1-4H. The number of aliphatic imine (C=N–C) groups is 1. The largest absolute Gasteiger partial charge is 0.368 e. The molecule has 6 nitrogen and oxygen atoms in total. The number of fused-ring (bicyclic) bond motifs is 1. The molecule has 0 aromatic heterocycles. The molecule has 1 aliphatic heterocycles. The molecule has 1 unspecified atom stereocenters. The van der Waals surface area contributed by atoms with Crippen LogP contribution in [0.1, 0.15) is 18.9 Å². The number of β-amino-alcohol motifs (C(OH)–C–C–N with tert-alkyl or cyclic N) is 1. The molecular formula is C23H22ClN3O3S.